The van der Waals surface area contributed by atoms with Crippen LogP contribution < -0.4 is 36.2 Å². The van der Waals surface area contributed by atoms with Gasteiger partial charge in [-0.15, -0.1) is 6.42 Å². The Hall–Kier alpha value is -5.35. The zero-order chi connectivity index (χ0) is 47.7. The average molecular weight is 931 g/mol. The molecular formula is C46H55F5N6O7S. The third-order valence-corrected chi connectivity index (χ3v) is 13.7. The fourth-order valence-electron chi connectivity index (χ4n) is 9.23. The number of anilines is 2. The number of benzene rings is 2. The molecule has 0 spiro atoms. The van der Waals surface area contributed by atoms with E-state index in [0.717, 1.165) is 49.5 Å². The molecule has 8 rings (SSSR count). The number of amides is 1. The molecule has 352 valence electrons. The molecule has 4 atom stereocenters. The van der Waals surface area contributed by atoms with Crippen LogP contribution in [-0.4, -0.2) is 73.0 Å². The van der Waals surface area contributed by atoms with E-state index in [0.29, 0.717) is 61.0 Å². The molecule has 2 saturated heterocycles. The lowest BCUT2D eigenvalue weighted by atomic mass is 10.0. The minimum absolute atomic E-state index is 0.0655. The number of halogens is 5. The van der Waals surface area contributed by atoms with E-state index in [2.05, 4.69) is 20.3 Å². The van der Waals surface area contributed by atoms with Gasteiger partial charge in [-0.1, -0.05) is 5.92 Å². The standard InChI is InChI=1S/C25H31F4N3O6S.C21H24FN3O/c1-13-21-17(19(38-39(35,36)25(27,28)29)11-20(33)32(21)16-6-7-16)10-18(26)22(13)31-9-8-15(12-31)14(2)30-23(34)37-24(3,4)5;1-4-14-9-19(26)25(16-5-6-16)20-12(2)21(18(22)10-17(14)20)24-8-7-15(11-24)13(3)23/h10-11,14-16H,6-9,12H2,1-5H3,(H,30,34);1,9-10,13,15-16H,5-8,11,23H2,2-3H3/t14-,15+;13-,15+/m00/s1. The van der Waals surface area contributed by atoms with Crippen LogP contribution >= 0.6 is 0 Å². The molecule has 0 bridgehead atoms. The summed E-state index contributed by atoms with van der Waals surface area (Å²) in [7, 11) is -6.09. The first-order valence-electron chi connectivity index (χ1n) is 21.8. The van der Waals surface area contributed by atoms with Crippen LogP contribution in [0.1, 0.15) is 102 Å². The quantitative estimate of drug-likeness (QED) is 0.0738. The molecule has 0 radical (unpaired) electrons. The fraction of sp³-hybridized carbons (Fsp3) is 0.543. The van der Waals surface area contributed by atoms with Gasteiger partial charge in [0.05, 0.1) is 22.4 Å². The van der Waals surface area contributed by atoms with E-state index in [1.807, 2.05) is 25.3 Å². The lowest BCUT2D eigenvalue weighted by Crippen LogP contribution is -2.42. The predicted octanol–water partition coefficient (Wildman–Crippen LogP) is 7.69. The normalized spacial score (nSPS) is 20.1. The summed E-state index contributed by atoms with van der Waals surface area (Å²) < 4.78 is 106. The van der Waals surface area contributed by atoms with Crippen molar-refractivity contribution in [3.63, 3.8) is 0 Å². The maximum Gasteiger partial charge on any atom is 0.534 e. The Morgan fingerprint density at radius 2 is 1.29 bits per heavy atom. The first-order valence-corrected chi connectivity index (χ1v) is 23.2. The summed E-state index contributed by atoms with van der Waals surface area (Å²) >= 11 is 0. The van der Waals surface area contributed by atoms with Crippen LogP contribution in [0.25, 0.3) is 21.8 Å². The van der Waals surface area contributed by atoms with Crippen molar-refractivity contribution in [3.05, 3.63) is 73.3 Å². The van der Waals surface area contributed by atoms with Crippen molar-refractivity contribution in [3.8, 4) is 18.1 Å². The van der Waals surface area contributed by atoms with E-state index in [9.17, 15) is 36.0 Å². The second kappa shape index (κ2) is 17.5. The summed E-state index contributed by atoms with van der Waals surface area (Å²) in [6.07, 6.45) is 9.82. The van der Waals surface area contributed by atoms with E-state index in [1.54, 1.807) is 25.7 Å². The highest BCUT2D eigenvalue weighted by molar-refractivity contribution is 7.88. The number of alkyl carbamates (subject to hydrolysis) is 1. The number of carbonyl (C=O) groups is 1. The number of alkyl halides is 3. The van der Waals surface area contributed by atoms with Crippen LogP contribution in [0.2, 0.25) is 0 Å². The molecule has 4 heterocycles. The van der Waals surface area contributed by atoms with Crippen LogP contribution in [0.3, 0.4) is 0 Å². The van der Waals surface area contributed by atoms with Crippen molar-refractivity contribution < 1.29 is 44.1 Å². The van der Waals surface area contributed by atoms with E-state index in [4.69, 9.17) is 16.9 Å². The van der Waals surface area contributed by atoms with Crippen molar-refractivity contribution in [1.29, 1.82) is 0 Å². The van der Waals surface area contributed by atoms with Crippen molar-refractivity contribution in [2.24, 2.45) is 17.6 Å². The van der Waals surface area contributed by atoms with Crippen LogP contribution in [0, 0.1) is 49.7 Å². The molecule has 13 nitrogen and oxygen atoms in total. The monoisotopic (exact) mass is 930 g/mol. The molecule has 19 heteroatoms. The Balaban J connectivity index is 0.000000209. The van der Waals surface area contributed by atoms with Crippen molar-refractivity contribution in [2.75, 3.05) is 36.0 Å². The van der Waals surface area contributed by atoms with Crippen LogP contribution in [0.5, 0.6) is 5.75 Å². The number of rotatable bonds is 9. The second-order valence-corrected chi connectivity index (χ2v) is 20.4. The average Bonchev–Trinajstić information content (AvgIpc) is 4.11. The van der Waals surface area contributed by atoms with Gasteiger partial charge in [0.2, 0.25) is 0 Å². The molecule has 1 amide bonds. The Bertz CT molecular complexity index is 2820. The van der Waals surface area contributed by atoms with Gasteiger partial charge in [-0.2, -0.15) is 21.6 Å². The zero-order valence-electron chi connectivity index (χ0n) is 37.4. The molecule has 4 fully saturated rings. The second-order valence-electron chi connectivity index (χ2n) is 18.8. The van der Waals surface area contributed by atoms with E-state index >= 15 is 8.78 Å². The third kappa shape index (κ3) is 9.65. The summed E-state index contributed by atoms with van der Waals surface area (Å²) in [5.41, 5.74) is 1.99. The number of terminal acetylenes is 1. The maximum atomic E-state index is 15.6. The number of nitrogens with two attached hydrogens (primary N) is 1. The van der Waals surface area contributed by atoms with Gasteiger partial charge in [0.25, 0.3) is 11.1 Å². The SMILES string of the molecule is C#Cc1cc(=O)n(C2CC2)c2c(C)c(N3CC[C@@H]([C@H](C)N)C3)c(F)cc12.Cc1c(N2CC[C@@H]([C@H](C)NC(=O)OC(C)(C)C)C2)c(F)cc2c(OS(=O)(=O)C(F)(F)F)cc(=O)n(C3CC3)c12. The first-order chi connectivity index (χ1) is 30.3. The molecule has 2 saturated carbocycles. The molecule has 2 aromatic heterocycles. The van der Waals surface area contributed by atoms with Gasteiger partial charge in [0.1, 0.15) is 17.2 Å². The van der Waals surface area contributed by atoms with Gasteiger partial charge in [-0.05, 0) is 122 Å². The van der Waals surface area contributed by atoms with Crippen molar-refractivity contribution in [2.45, 2.75) is 122 Å². The molecule has 2 aromatic carbocycles. The summed E-state index contributed by atoms with van der Waals surface area (Å²) in [6, 6.07) is 4.27. The first kappa shape index (κ1) is 47.6. The number of hydrogen-bond acceptors (Lipinski definition) is 10. The lowest BCUT2D eigenvalue weighted by Gasteiger charge is -2.27. The van der Waals surface area contributed by atoms with Gasteiger partial charge in [-0.25, -0.2) is 13.6 Å². The van der Waals surface area contributed by atoms with Gasteiger partial charge in [0, 0.05) is 78.8 Å². The molecule has 65 heavy (non-hydrogen) atoms. The van der Waals surface area contributed by atoms with E-state index in [-0.39, 0.29) is 63.6 Å². The third-order valence-electron chi connectivity index (χ3n) is 12.7. The molecule has 2 aliphatic carbocycles. The minimum Gasteiger partial charge on any atom is -0.444 e. The van der Waals surface area contributed by atoms with E-state index < -0.39 is 44.4 Å². The van der Waals surface area contributed by atoms with E-state index in [1.165, 1.54) is 23.6 Å². The number of carbonyl (C=O) groups excluding carboxylic acids is 1. The number of aryl methyl sites for hydroxylation is 2. The highest BCUT2D eigenvalue weighted by Gasteiger charge is 2.49. The van der Waals surface area contributed by atoms with Gasteiger partial charge < -0.3 is 38.9 Å². The number of hydrogen-bond donors (Lipinski definition) is 2. The summed E-state index contributed by atoms with van der Waals surface area (Å²) in [5.74, 6) is 0.877. The largest absolute Gasteiger partial charge is 0.534 e. The van der Waals surface area contributed by atoms with Gasteiger partial charge in [-0.3, -0.25) is 9.59 Å². The van der Waals surface area contributed by atoms with Gasteiger partial charge >= 0.3 is 21.7 Å². The topological polar surface area (TPSA) is 158 Å². The number of nitrogens with one attached hydrogen (secondary N) is 1. The molecule has 4 aromatic rings. The minimum atomic E-state index is -6.09. The highest BCUT2D eigenvalue weighted by Crippen LogP contribution is 2.44. The summed E-state index contributed by atoms with van der Waals surface area (Å²) in [4.78, 5) is 41.6. The molecule has 2 aliphatic heterocycles. The summed E-state index contributed by atoms with van der Waals surface area (Å²) in [5, 5.41) is 3.20. The maximum absolute atomic E-state index is 15.6. The fourth-order valence-corrected chi connectivity index (χ4v) is 9.70. The number of ether oxygens (including phenoxy) is 1. The van der Waals surface area contributed by atoms with Crippen LogP contribution in [0.4, 0.5) is 38.1 Å². The molecule has 0 unspecified atom stereocenters. The highest BCUT2D eigenvalue weighted by atomic mass is 32.2. The number of fused-ring (bicyclic) bond motifs is 2. The van der Waals surface area contributed by atoms with Crippen molar-refractivity contribution in [1.82, 2.24) is 14.5 Å². The molecular weight excluding hydrogens is 876 g/mol. The smallest absolute Gasteiger partial charge is 0.444 e. The molecule has 3 N–H and O–H groups in total. The molecule has 4 aliphatic rings. The Kier molecular flexibility index (Phi) is 12.8. The summed E-state index contributed by atoms with van der Waals surface area (Å²) in [6.45, 7) is 14.8. The van der Waals surface area contributed by atoms with Gasteiger partial charge in [0.15, 0.2) is 5.75 Å². The zero-order valence-corrected chi connectivity index (χ0v) is 38.3. The lowest BCUT2D eigenvalue weighted by molar-refractivity contribution is -0.0499. The number of nitrogens with zero attached hydrogens (tertiary/aromatic N) is 4. The Morgan fingerprint density at radius 1 is 0.815 bits per heavy atom. The van der Waals surface area contributed by atoms with Crippen LogP contribution in [-0.2, 0) is 14.9 Å². The predicted molar refractivity (Wildman–Crippen MR) is 239 cm³/mol. The Morgan fingerprint density at radius 3 is 1.75 bits per heavy atom. The Labute approximate surface area is 374 Å². The van der Waals surface area contributed by atoms with Crippen molar-refractivity contribution >= 4 is 49.4 Å². The number of pyridine rings is 2. The number of aromatic nitrogens is 2. The van der Waals surface area contributed by atoms with Crippen LogP contribution in [0.15, 0.2) is 33.9 Å².